The predicted octanol–water partition coefficient (Wildman–Crippen LogP) is 2.00. The first-order valence-corrected chi connectivity index (χ1v) is 16.8. The number of amides is 1. The number of thioether (sulfide) groups is 1. The average Bonchev–Trinajstić information content (AvgIpc) is 2.95. The van der Waals surface area contributed by atoms with E-state index in [1.807, 2.05) is 34.7 Å². The van der Waals surface area contributed by atoms with Crippen LogP contribution in [-0.4, -0.2) is 152 Å². The molecule has 14 heteroatoms. The molecule has 0 rings (SSSR count). The Morgan fingerprint density at radius 1 is 0.659 bits per heavy atom. The number of carboxylic acids is 1. The van der Waals surface area contributed by atoms with Crippen LogP contribution < -0.4 is 10.6 Å². The van der Waals surface area contributed by atoms with Crippen LogP contribution >= 0.6 is 11.8 Å². The molecule has 0 aromatic heterocycles. The van der Waals surface area contributed by atoms with E-state index in [0.29, 0.717) is 98.1 Å². The van der Waals surface area contributed by atoms with Gasteiger partial charge in [-0.25, -0.2) is 4.79 Å². The van der Waals surface area contributed by atoms with E-state index in [9.17, 15) is 9.59 Å². The Balaban J connectivity index is 3.67. The van der Waals surface area contributed by atoms with Crippen LogP contribution in [0.25, 0.3) is 0 Å². The van der Waals surface area contributed by atoms with Gasteiger partial charge < -0.3 is 53.6 Å². The standard InChI is InChI=1S/C30H60N2O11S/c1-29(2,8-12-36-11-7-27(33)32-26(25-44-6)28(34)35)42-13-9-30(3,4)43-24-23-41-22-21-40-20-19-39-18-17-38-16-15-37-14-10-31-5/h26,31H,7-25H2,1-6H3,(H,32,33)(H,34,35)/t26-/m0/s1. The molecule has 0 aromatic carbocycles. The van der Waals surface area contributed by atoms with Gasteiger partial charge in [0.15, 0.2) is 0 Å². The Labute approximate surface area is 269 Å². The average molecular weight is 657 g/mol. The van der Waals surface area contributed by atoms with Gasteiger partial charge in [-0.05, 0) is 53.8 Å². The van der Waals surface area contributed by atoms with Crippen LogP contribution in [0.3, 0.4) is 0 Å². The molecule has 44 heavy (non-hydrogen) atoms. The fourth-order valence-electron chi connectivity index (χ4n) is 3.44. The van der Waals surface area contributed by atoms with Crippen molar-refractivity contribution >= 4 is 23.6 Å². The third-order valence-electron chi connectivity index (χ3n) is 6.19. The molecule has 0 bridgehead atoms. The Bertz CT molecular complexity index is 702. The van der Waals surface area contributed by atoms with Crippen LogP contribution in [0.1, 0.15) is 47.0 Å². The molecule has 0 aromatic rings. The van der Waals surface area contributed by atoms with Gasteiger partial charge in [0.1, 0.15) is 6.04 Å². The summed E-state index contributed by atoms with van der Waals surface area (Å²) in [4.78, 5) is 23.1. The van der Waals surface area contributed by atoms with E-state index in [4.69, 9.17) is 43.0 Å². The first-order chi connectivity index (χ1) is 21.0. The van der Waals surface area contributed by atoms with Crippen molar-refractivity contribution in [1.29, 1.82) is 0 Å². The molecule has 0 radical (unpaired) electrons. The molecule has 0 saturated carbocycles. The van der Waals surface area contributed by atoms with E-state index in [0.717, 1.165) is 13.0 Å². The third-order valence-corrected chi connectivity index (χ3v) is 6.86. The number of rotatable bonds is 33. The largest absolute Gasteiger partial charge is 0.480 e. The quantitative estimate of drug-likeness (QED) is 0.0884. The summed E-state index contributed by atoms with van der Waals surface area (Å²) in [5.74, 6) is -1.05. The molecule has 0 aliphatic carbocycles. The molecule has 0 unspecified atom stereocenters. The maximum atomic E-state index is 11.9. The first-order valence-electron chi connectivity index (χ1n) is 15.4. The third kappa shape index (κ3) is 28.4. The number of carbonyl (C=O) groups excluding carboxylic acids is 1. The number of hydrogen-bond acceptors (Lipinski definition) is 12. The Morgan fingerprint density at radius 3 is 1.57 bits per heavy atom. The Kier molecular flexibility index (Phi) is 27.5. The zero-order valence-corrected chi connectivity index (χ0v) is 28.8. The van der Waals surface area contributed by atoms with Crippen molar-refractivity contribution in [3.63, 3.8) is 0 Å². The van der Waals surface area contributed by atoms with Crippen molar-refractivity contribution in [1.82, 2.24) is 10.6 Å². The van der Waals surface area contributed by atoms with Gasteiger partial charge in [-0.2, -0.15) is 11.8 Å². The van der Waals surface area contributed by atoms with Gasteiger partial charge in [0.2, 0.25) is 5.91 Å². The second kappa shape index (κ2) is 28.2. The molecule has 0 aliphatic rings. The van der Waals surface area contributed by atoms with Crippen LogP contribution in [0.15, 0.2) is 0 Å². The van der Waals surface area contributed by atoms with E-state index in [1.165, 1.54) is 11.8 Å². The summed E-state index contributed by atoms with van der Waals surface area (Å²) in [6, 6.07) is -0.886. The number of aliphatic carboxylic acids is 1. The lowest BCUT2D eigenvalue weighted by molar-refractivity contribution is -0.141. The smallest absolute Gasteiger partial charge is 0.327 e. The highest BCUT2D eigenvalue weighted by Crippen LogP contribution is 2.19. The molecule has 262 valence electrons. The molecule has 1 amide bonds. The normalized spacial score (nSPS) is 12.9. The number of carbonyl (C=O) groups is 2. The maximum absolute atomic E-state index is 11.9. The molecule has 3 N–H and O–H groups in total. The van der Waals surface area contributed by atoms with Gasteiger partial charge in [-0.15, -0.1) is 0 Å². The second-order valence-electron chi connectivity index (χ2n) is 11.2. The molecule has 0 heterocycles. The summed E-state index contributed by atoms with van der Waals surface area (Å²) in [6.07, 6.45) is 3.28. The van der Waals surface area contributed by atoms with E-state index in [2.05, 4.69) is 10.6 Å². The van der Waals surface area contributed by atoms with Crippen LogP contribution in [0.5, 0.6) is 0 Å². The van der Waals surface area contributed by atoms with Gasteiger partial charge >= 0.3 is 5.97 Å². The first kappa shape index (κ1) is 42.9. The zero-order valence-electron chi connectivity index (χ0n) is 28.0. The summed E-state index contributed by atoms with van der Waals surface area (Å²) in [5.41, 5.74) is -0.751. The zero-order chi connectivity index (χ0) is 32.9. The summed E-state index contributed by atoms with van der Waals surface area (Å²) in [5, 5.41) is 14.7. The van der Waals surface area contributed by atoms with Crippen molar-refractivity contribution in [2.45, 2.75) is 64.2 Å². The molecule has 1 atom stereocenters. The Morgan fingerprint density at radius 2 is 1.09 bits per heavy atom. The van der Waals surface area contributed by atoms with Crippen molar-refractivity contribution in [3.8, 4) is 0 Å². The number of carboxylic acid groups (broad SMARTS) is 1. The van der Waals surface area contributed by atoms with E-state index in [1.54, 1.807) is 6.26 Å². The van der Waals surface area contributed by atoms with Gasteiger partial charge in [-0.1, -0.05) is 0 Å². The topological polar surface area (TPSA) is 152 Å². The van der Waals surface area contributed by atoms with Gasteiger partial charge in [0.25, 0.3) is 0 Å². The fourth-order valence-corrected chi connectivity index (χ4v) is 4.00. The highest BCUT2D eigenvalue weighted by atomic mass is 32.2. The predicted molar refractivity (Wildman–Crippen MR) is 171 cm³/mol. The SMILES string of the molecule is CNCCOCCOCCOCCOCCOCCOC(C)(C)CCOC(C)(C)CCOCCC(=O)N[C@@H](CSC)C(=O)O. The summed E-state index contributed by atoms with van der Waals surface area (Å²) in [6.45, 7) is 15.9. The molecule has 13 nitrogen and oxygen atoms in total. The van der Waals surface area contributed by atoms with Gasteiger partial charge in [0, 0.05) is 25.3 Å². The Hall–Kier alpha value is -1.07. The number of likely N-dealkylation sites (N-methyl/N-ethyl adjacent to an activating group) is 1. The number of nitrogens with one attached hydrogen (secondary N) is 2. The number of hydrogen-bond donors (Lipinski definition) is 3. The number of ether oxygens (including phenoxy) is 8. The van der Waals surface area contributed by atoms with Crippen molar-refractivity contribution in [2.75, 3.05) is 118 Å². The molecule has 0 aliphatic heterocycles. The van der Waals surface area contributed by atoms with Gasteiger partial charge in [-0.3, -0.25) is 4.79 Å². The lowest BCUT2D eigenvalue weighted by Gasteiger charge is -2.29. The lowest BCUT2D eigenvalue weighted by atomic mass is 10.0. The van der Waals surface area contributed by atoms with E-state index < -0.39 is 17.6 Å². The summed E-state index contributed by atoms with van der Waals surface area (Å²) >= 11 is 1.37. The van der Waals surface area contributed by atoms with Crippen molar-refractivity contribution in [2.24, 2.45) is 0 Å². The molecular weight excluding hydrogens is 596 g/mol. The van der Waals surface area contributed by atoms with Crippen LogP contribution in [0, 0.1) is 0 Å². The monoisotopic (exact) mass is 656 g/mol. The van der Waals surface area contributed by atoms with Gasteiger partial charge in [0.05, 0.1) is 97.1 Å². The van der Waals surface area contributed by atoms with Crippen LogP contribution in [0.4, 0.5) is 0 Å². The minimum absolute atomic E-state index is 0.113. The van der Waals surface area contributed by atoms with E-state index in [-0.39, 0.29) is 24.5 Å². The molecule has 0 fully saturated rings. The molecular formula is C30H60N2O11S. The summed E-state index contributed by atoms with van der Waals surface area (Å²) in [7, 11) is 1.89. The van der Waals surface area contributed by atoms with Crippen LogP contribution in [0.2, 0.25) is 0 Å². The maximum Gasteiger partial charge on any atom is 0.327 e. The second-order valence-corrected chi connectivity index (χ2v) is 12.1. The van der Waals surface area contributed by atoms with Crippen LogP contribution in [-0.2, 0) is 47.5 Å². The van der Waals surface area contributed by atoms with Crippen molar-refractivity contribution in [3.05, 3.63) is 0 Å². The summed E-state index contributed by atoms with van der Waals surface area (Å²) < 4.78 is 45.0. The lowest BCUT2D eigenvalue weighted by Crippen LogP contribution is -2.42. The fraction of sp³-hybridized carbons (Fsp3) is 0.933. The minimum atomic E-state index is -1.04. The molecule has 0 saturated heterocycles. The van der Waals surface area contributed by atoms with E-state index >= 15 is 0 Å². The highest BCUT2D eigenvalue weighted by Gasteiger charge is 2.23. The minimum Gasteiger partial charge on any atom is -0.480 e. The van der Waals surface area contributed by atoms with Crippen molar-refractivity contribution < 1.29 is 52.6 Å². The highest BCUT2D eigenvalue weighted by molar-refractivity contribution is 7.98. The molecule has 0 spiro atoms.